The Morgan fingerprint density at radius 3 is 2.47 bits per heavy atom. The highest BCUT2D eigenvalue weighted by molar-refractivity contribution is 5.79. The fourth-order valence-electron chi connectivity index (χ4n) is 2.96. The summed E-state index contributed by atoms with van der Waals surface area (Å²) in [5.41, 5.74) is 2.10. The topological polar surface area (TPSA) is 85.6 Å². The van der Waals surface area contributed by atoms with Gasteiger partial charge in [0.25, 0.3) is 0 Å². The maximum Gasteiger partial charge on any atom is 0.191 e. The van der Waals surface area contributed by atoms with Crippen LogP contribution in [0.15, 0.2) is 53.9 Å². The van der Waals surface area contributed by atoms with Crippen molar-refractivity contribution in [3.63, 3.8) is 0 Å². The number of guanidine groups is 1. The molecule has 0 aliphatic heterocycles. The molecule has 158 valence electrons. The Morgan fingerprint density at radius 2 is 1.83 bits per heavy atom. The molecule has 0 spiro atoms. The van der Waals surface area contributed by atoms with E-state index < -0.39 is 0 Å². The number of aryl methyl sites for hydroxylation is 1. The Balaban J connectivity index is 1.64. The van der Waals surface area contributed by atoms with Crippen LogP contribution in [0.25, 0.3) is 5.82 Å². The first-order chi connectivity index (χ1) is 14.6. The SMILES string of the molecule is CCNC(=NCc1ccc(-n2ccnc2C)nc1)NCc1ccc(OC)c(OC)c1. The van der Waals surface area contributed by atoms with Crippen molar-refractivity contribution in [2.75, 3.05) is 20.8 Å². The molecule has 30 heavy (non-hydrogen) atoms. The van der Waals surface area contributed by atoms with Crippen LogP contribution in [-0.2, 0) is 13.1 Å². The van der Waals surface area contributed by atoms with Crippen LogP contribution in [0.1, 0.15) is 23.9 Å². The van der Waals surface area contributed by atoms with Gasteiger partial charge in [-0.3, -0.25) is 4.57 Å². The number of imidazole rings is 1. The average molecular weight is 409 g/mol. The maximum atomic E-state index is 5.37. The zero-order chi connectivity index (χ0) is 21.3. The van der Waals surface area contributed by atoms with Gasteiger partial charge in [0, 0.05) is 31.7 Å². The summed E-state index contributed by atoms with van der Waals surface area (Å²) in [6.45, 7) is 5.90. The first-order valence-corrected chi connectivity index (χ1v) is 9.83. The molecule has 0 fully saturated rings. The first kappa shape index (κ1) is 21.2. The molecular weight excluding hydrogens is 380 g/mol. The molecule has 1 aromatic carbocycles. The summed E-state index contributed by atoms with van der Waals surface area (Å²) < 4.78 is 12.6. The molecule has 2 heterocycles. The predicted molar refractivity (Wildman–Crippen MR) is 117 cm³/mol. The molecule has 2 N–H and O–H groups in total. The number of benzene rings is 1. The number of nitrogens with zero attached hydrogens (tertiary/aromatic N) is 4. The third-order valence-electron chi connectivity index (χ3n) is 4.55. The van der Waals surface area contributed by atoms with E-state index in [1.165, 1.54) is 0 Å². The first-order valence-electron chi connectivity index (χ1n) is 9.83. The third kappa shape index (κ3) is 5.28. The maximum absolute atomic E-state index is 5.37. The number of pyridine rings is 1. The fraction of sp³-hybridized carbons (Fsp3) is 0.318. The van der Waals surface area contributed by atoms with Gasteiger partial charge in [-0.1, -0.05) is 12.1 Å². The van der Waals surface area contributed by atoms with Gasteiger partial charge in [-0.15, -0.1) is 0 Å². The van der Waals surface area contributed by atoms with E-state index in [0.29, 0.717) is 24.6 Å². The second-order valence-corrected chi connectivity index (χ2v) is 6.61. The Labute approximate surface area is 177 Å². The van der Waals surface area contributed by atoms with E-state index in [2.05, 4.69) is 25.6 Å². The number of hydrogen-bond acceptors (Lipinski definition) is 5. The summed E-state index contributed by atoms with van der Waals surface area (Å²) in [4.78, 5) is 13.4. The van der Waals surface area contributed by atoms with E-state index >= 15 is 0 Å². The number of methoxy groups -OCH3 is 2. The van der Waals surface area contributed by atoms with Crippen LogP contribution < -0.4 is 20.1 Å². The van der Waals surface area contributed by atoms with E-state index in [1.54, 1.807) is 20.4 Å². The molecule has 0 aliphatic rings. The normalized spacial score (nSPS) is 11.3. The third-order valence-corrected chi connectivity index (χ3v) is 4.55. The van der Waals surface area contributed by atoms with Gasteiger partial charge in [-0.05, 0) is 43.2 Å². The molecule has 0 radical (unpaired) electrons. The molecule has 2 aromatic heterocycles. The van der Waals surface area contributed by atoms with Gasteiger partial charge in [0.15, 0.2) is 17.5 Å². The van der Waals surface area contributed by atoms with Crippen molar-refractivity contribution in [1.29, 1.82) is 0 Å². The van der Waals surface area contributed by atoms with E-state index in [-0.39, 0.29) is 0 Å². The highest BCUT2D eigenvalue weighted by Gasteiger charge is 2.06. The minimum atomic E-state index is 0.525. The Bertz CT molecular complexity index is 982. The summed E-state index contributed by atoms with van der Waals surface area (Å²) >= 11 is 0. The molecule has 0 aliphatic carbocycles. The highest BCUT2D eigenvalue weighted by Crippen LogP contribution is 2.27. The van der Waals surface area contributed by atoms with Crippen LogP contribution in [0.2, 0.25) is 0 Å². The van der Waals surface area contributed by atoms with Gasteiger partial charge >= 0.3 is 0 Å². The Hall–Kier alpha value is -3.55. The quantitative estimate of drug-likeness (QED) is 0.440. The highest BCUT2D eigenvalue weighted by atomic mass is 16.5. The predicted octanol–water partition coefficient (Wildman–Crippen LogP) is 2.85. The summed E-state index contributed by atoms with van der Waals surface area (Å²) in [5.74, 6) is 3.90. The van der Waals surface area contributed by atoms with Crippen molar-refractivity contribution in [2.24, 2.45) is 4.99 Å². The van der Waals surface area contributed by atoms with E-state index in [1.807, 2.05) is 61.1 Å². The van der Waals surface area contributed by atoms with Crippen LogP contribution in [0.3, 0.4) is 0 Å². The molecule has 8 heteroatoms. The Kier molecular flexibility index (Phi) is 7.26. The molecule has 8 nitrogen and oxygen atoms in total. The van der Waals surface area contributed by atoms with Crippen molar-refractivity contribution >= 4 is 5.96 Å². The standard InChI is InChI=1S/C22H28N6O2/c1-5-23-22(26-13-17-6-8-19(29-3)20(12-17)30-4)27-15-18-7-9-21(25-14-18)28-11-10-24-16(28)2/h6-12,14H,5,13,15H2,1-4H3,(H2,23,26,27). The van der Waals surface area contributed by atoms with E-state index in [0.717, 1.165) is 35.3 Å². The average Bonchev–Trinajstić information content (AvgIpc) is 3.21. The van der Waals surface area contributed by atoms with Crippen LogP contribution in [-0.4, -0.2) is 41.3 Å². The summed E-state index contributed by atoms with van der Waals surface area (Å²) in [6, 6.07) is 9.86. The van der Waals surface area contributed by atoms with Gasteiger partial charge < -0.3 is 20.1 Å². The number of nitrogens with one attached hydrogen (secondary N) is 2. The van der Waals surface area contributed by atoms with E-state index in [4.69, 9.17) is 9.47 Å². The molecular formula is C22H28N6O2. The lowest BCUT2D eigenvalue weighted by Gasteiger charge is -2.13. The second-order valence-electron chi connectivity index (χ2n) is 6.61. The number of aliphatic imine (C=N–C) groups is 1. The fourth-order valence-corrected chi connectivity index (χ4v) is 2.96. The number of hydrogen-bond donors (Lipinski definition) is 2. The molecule has 3 aromatic rings. The van der Waals surface area contributed by atoms with Gasteiger partial charge in [-0.2, -0.15) is 0 Å². The van der Waals surface area contributed by atoms with Gasteiger partial charge in [0.1, 0.15) is 11.6 Å². The summed E-state index contributed by atoms with van der Waals surface area (Å²) in [6.07, 6.45) is 5.51. The van der Waals surface area contributed by atoms with Crippen molar-refractivity contribution in [3.05, 3.63) is 65.9 Å². The summed E-state index contributed by atoms with van der Waals surface area (Å²) in [5, 5.41) is 6.61. The second kappa shape index (κ2) is 10.3. The minimum absolute atomic E-state index is 0.525. The monoisotopic (exact) mass is 408 g/mol. The number of aromatic nitrogens is 3. The molecule has 0 unspecified atom stereocenters. The van der Waals surface area contributed by atoms with Crippen molar-refractivity contribution in [1.82, 2.24) is 25.2 Å². The van der Waals surface area contributed by atoms with Crippen molar-refractivity contribution < 1.29 is 9.47 Å². The molecule has 0 bridgehead atoms. The number of ether oxygens (including phenoxy) is 2. The lowest BCUT2D eigenvalue weighted by atomic mass is 10.2. The summed E-state index contributed by atoms with van der Waals surface area (Å²) in [7, 11) is 3.26. The molecule has 0 amide bonds. The molecule has 0 atom stereocenters. The van der Waals surface area contributed by atoms with Gasteiger partial charge in [-0.25, -0.2) is 15.0 Å². The zero-order valence-corrected chi connectivity index (χ0v) is 17.8. The van der Waals surface area contributed by atoms with Crippen molar-refractivity contribution in [3.8, 4) is 17.3 Å². The molecule has 0 saturated heterocycles. The van der Waals surface area contributed by atoms with E-state index in [9.17, 15) is 0 Å². The largest absolute Gasteiger partial charge is 0.493 e. The van der Waals surface area contributed by atoms with Crippen LogP contribution in [0.4, 0.5) is 0 Å². The smallest absolute Gasteiger partial charge is 0.191 e. The van der Waals surface area contributed by atoms with Crippen LogP contribution >= 0.6 is 0 Å². The zero-order valence-electron chi connectivity index (χ0n) is 17.8. The molecule has 3 rings (SSSR count). The van der Waals surface area contributed by atoms with Gasteiger partial charge in [0.2, 0.25) is 0 Å². The minimum Gasteiger partial charge on any atom is -0.493 e. The number of rotatable bonds is 8. The lowest BCUT2D eigenvalue weighted by molar-refractivity contribution is 0.354. The lowest BCUT2D eigenvalue weighted by Crippen LogP contribution is -2.36. The van der Waals surface area contributed by atoms with Crippen molar-refractivity contribution in [2.45, 2.75) is 26.9 Å². The molecule has 0 saturated carbocycles. The Morgan fingerprint density at radius 1 is 1.03 bits per heavy atom. The van der Waals surface area contributed by atoms with Crippen LogP contribution in [0, 0.1) is 6.92 Å². The van der Waals surface area contributed by atoms with Gasteiger partial charge in [0.05, 0.1) is 20.8 Å². The van der Waals surface area contributed by atoms with Crippen LogP contribution in [0.5, 0.6) is 11.5 Å².